The lowest BCUT2D eigenvalue weighted by Crippen LogP contribution is -2.52. The zero-order chi connectivity index (χ0) is 16.4. The summed E-state index contributed by atoms with van der Waals surface area (Å²) < 4.78 is 18.5. The largest absolute Gasteiger partial charge is 0.533 e. The van der Waals surface area contributed by atoms with Gasteiger partial charge in [0.25, 0.3) is 0 Å². The third-order valence-corrected chi connectivity index (χ3v) is 9.15. The molecule has 2 unspecified atom stereocenters. The van der Waals surface area contributed by atoms with Crippen LogP contribution in [0.25, 0.3) is 0 Å². The van der Waals surface area contributed by atoms with Crippen LogP contribution in [0.15, 0.2) is 11.3 Å². The van der Waals surface area contributed by atoms with Gasteiger partial charge in [-0.2, -0.15) is 0 Å². The summed E-state index contributed by atoms with van der Waals surface area (Å²) in [7, 11) is -2.80. The van der Waals surface area contributed by atoms with Gasteiger partial charge in [-0.3, -0.25) is 0 Å². The van der Waals surface area contributed by atoms with E-state index in [9.17, 15) is 0 Å². The number of fused-ring (bicyclic) bond motifs is 2. The zero-order valence-corrected chi connectivity index (χ0v) is 16.5. The molecule has 0 N–H and O–H groups in total. The zero-order valence-electron chi connectivity index (χ0n) is 14.7. The molecule has 0 aliphatic heterocycles. The van der Waals surface area contributed by atoms with Gasteiger partial charge in [-0.1, -0.05) is 25.2 Å². The fourth-order valence-corrected chi connectivity index (χ4v) is 7.84. The van der Waals surface area contributed by atoms with E-state index in [0.29, 0.717) is 19.8 Å². The van der Waals surface area contributed by atoms with Crippen LogP contribution in [-0.2, 0) is 13.3 Å². The van der Waals surface area contributed by atoms with E-state index < -0.39 is 8.80 Å². The molecule has 2 aliphatic rings. The molecule has 2 atom stereocenters. The van der Waals surface area contributed by atoms with Crippen LogP contribution in [0.4, 0.5) is 0 Å². The number of hydrogen-bond donors (Lipinski definition) is 0. The molecule has 0 heterocycles. The van der Waals surface area contributed by atoms with E-state index >= 15 is 0 Å². The predicted molar refractivity (Wildman–Crippen MR) is 96.0 cm³/mol. The van der Waals surface area contributed by atoms with Crippen molar-refractivity contribution in [3.05, 3.63) is 11.3 Å². The quantitative estimate of drug-likeness (QED) is 0.456. The SMILES string of the molecule is CCO[Si](OCC)(OCC)C1=CC2(C(C)=S)CCC1(CC)C2. The Hall–Kier alpha value is -0.0731. The summed E-state index contributed by atoms with van der Waals surface area (Å²) in [6.07, 6.45) is 6.93. The number of hydrogen-bond acceptors (Lipinski definition) is 4. The normalized spacial score (nSPS) is 30.7. The van der Waals surface area contributed by atoms with Crippen molar-refractivity contribution >= 4 is 25.9 Å². The van der Waals surface area contributed by atoms with Crippen molar-refractivity contribution in [1.82, 2.24) is 0 Å². The van der Waals surface area contributed by atoms with Crippen molar-refractivity contribution in [1.29, 1.82) is 0 Å². The van der Waals surface area contributed by atoms with E-state index in [1.165, 1.54) is 11.6 Å². The Morgan fingerprint density at radius 3 is 2.05 bits per heavy atom. The maximum absolute atomic E-state index is 6.18. The molecule has 0 amide bonds. The van der Waals surface area contributed by atoms with Gasteiger partial charge in [-0.05, 0) is 63.7 Å². The highest BCUT2D eigenvalue weighted by Crippen LogP contribution is 2.64. The Labute approximate surface area is 141 Å². The Kier molecular flexibility index (Phi) is 5.66. The van der Waals surface area contributed by atoms with Crippen molar-refractivity contribution in [2.75, 3.05) is 19.8 Å². The van der Waals surface area contributed by atoms with Crippen LogP contribution in [-0.4, -0.2) is 33.5 Å². The first-order chi connectivity index (χ1) is 10.4. The van der Waals surface area contributed by atoms with Gasteiger partial charge in [0.1, 0.15) is 0 Å². The molecule has 3 nitrogen and oxygen atoms in total. The van der Waals surface area contributed by atoms with E-state index in [-0.39, 0.29) is 10.8 Å². The van der Waals surface area contributed by atoms with Crippen molar-refractivity contribution in [2.45, 2.75) is 60.3 Å². The fraction of sp³-hybridized carbons (Fsp3) is 0.824. The van der Waals surface area contributed by atoms with Gasteiger partial charge < -0.3 is 13.3 Å². The Balaban J connectivity index is 2.51. The molecule has 0 spiro atoms. The third-order valence-electron chi connectivity index (χ3n) is 5.41. The molecule has 0 aromatic rings. The molecule has 0 radical (unpaired) electrons. The van der Waals surface area contributed by atoms with Crippen molar-refractivity contribution in [2.24, 2.45) is 10.8 Å². The highest BCUT2D eigenvalue weighted by molar-refractivity contribution is 7.80. The van der Waals surface area contributed by atoms with Crippen molar-refractivity contribution in [3.63, 3.8) is 0 Å². The van der Waals surface area contributed by atoms with Gasteiger partial charge in [0.2, 0.25) is 0 Å². The van der Waals surface area contributed by atoms with E-state index in [4.69, 9.17) is 25.5 Å². The number of allylic oxidation sites excluding steroid dienone is 2. The summed E-state index contributed by atoms with van der Waals surface area (Å²) in [6, 6.07) is 0. The van der Waals surface area contributed by atoms with Gasteiger partial charge >= 0.3 is 8.80 Å². The molecule has 1 fully saturated rings. The molecule has 5 heteroatoms. The Bertz CT molecular complexity index is 448. The van der Waals surface area contributed by atoms with Gasteiger partial charge in [0.15, 0.2) is 0 Å². The first kappa shape index (κ1) is 18.3. The predicted octanol–water partition coefficient (Wildman–Crippen LogP) is 4.47. The van der Waals surface area contributed by atoms with Crippen molar-refractivity contribution in [3.8, 4) is 0 Å². The third kappa shape index (κ3) is 2.75. The highest BCUT2D eigenvalue weighted by Gasteiger charge is 2.63. The van der Waals surface area contributed by atoms with E-state index in [0.717, 1.165) is 24.1 Å². The van der Waals surface area contributed by atoms with Crippen LogP contribution in [0.5, 0.6) is 0 Å². The average molecular weight is 343 g/mol. The lowest BCUT2D eigenvalue weighted by molar-refractivity contribution is 0.0733. The average Bonchev–Trinajstić information content (AvgIpc) is 3.04. The summed E-state index contributed by atoms with van der Waals surface area (Å²) >= 11 is 5.61. The summed E-state index contributed by atoms with van der Waals surface area (Å²) in [4.78, 5) is 1.10. The van der Waals surface area contributed by atoms with Crippen LogP contribution >= 0.6 is 12.2 Å². The van der Waals surface area contributed by atoms with Gasteiger partial charge in [0.05, 0.1) is 0 Å². The lowest BCUT2D eigenvalue weighted by Gasteiger charge is -2.39. The maximum atomic E-state index is 6.18. The Morgan fingerprint density at radius 1 is 1.09 bits per heavy atom. The monoisotopic (exact) mass is 342 g/mol. The van der Waals surface area contributed by atoms with E-state index in [2.05, 4.69) is 19.9 Å². The molecule has 1 saturated carbocycles. The molecule has 2 aliphatic carbocycles. The lowest BCUT2D eigenvalue weighted by atomic mass is 9.84. The molecule has 22 heavy (non-hydrogen) atoms. The molecule has 2 rings (SSSR count). The van der Waals surface area contributed by atoms with Crippen molar-refractivity contribution < 1.29 is 13.3 Å². The molecular formula is C17H30O3SSi. The fourth-order valence-electron chi connectivity index (χ4n) is 4.26. The minimum atomic E-state index is -2.80. The standard InChI is InChI=1S/C17H30O3SSi/c1-6-16-10-11-17(13-16,14(5)21)12-15(16)22(18-7-2,19-8-3)20-9-4/h12H,6-11,13H2,1-5H3. The highest BCUT2D eigenvalue weighted by atomic mass is 32.1. The molecule has 126 valence electrons. The molecule has 0 aromatic heterocycles. The smallest absolute Gasteiger partial charge is 0.370 e. The summed E-state index contributed by atoms with van der Waals surface area (Å²) in [5.74, 6) is 0. The molecule has 2 bridgehead atoms. The molecular weight excluding hydrogens is 312 g/mol. The van der Waals surface area contributed by atoms with E-state index in [1.54, 1.807) is 0 Å². The van der Waals surface area contributed by atoms with Crippen LogP contribution < -0.4 is 0 Å². The van der Waals surface area contributed by atoms with Crippen LogP contribution in [0.3, 0.4) is 0 Å². The van der Waals surface area contributed by atoms with Crippen LogP contribution in [0, 0.1) is 10.8 Å². The Morgan fingerprint density at radius 2 is 1.64 bits per heavy atom. The minimum absolute atomic E-state index is 0.0598. The first-order valence-corrected chi connectivity index (χ1v) is 10.7. The second kappa shape index (κ2) is 6.81. The van der Waals surface area contributed by atoms with E-state index in [1.807, 2.05) is 20.8 Å². The molecule has 0 aromatic carbocycles. The summed E-state index contributed by atoms with van der Waals surface area (Å²) in [5.41, 5.74) is 0.218. The second-order valence-electron chi connectivity index (χ2n) is 6.44. The van der Waals surface area contributed by atoms with Gasteiger partial charge in [-0.15, -0.1) is 0 Å². The summed E-state index contributed by atoms with van der Waals surface area (Å²) in [5, 5.41) is 1.31. The first-order valence-electron chi connectivity index (χ1n) is 8.61. The van der Waals surface area contributed by atoms with Crippen LogP contribution in [0.1, 0.15) is 60.3 Å². The summed E-state index contributed by atoms with van der Waals surface area (Å²) in [6.45, 7) is 12.3. The second-order valence-corrected chi connectivity index (χ2v) is 9.57. The maximum Gasteiger partial charge on any atom is 0.533 e. The number of thiocarbonyl (C=S) groups is 1. The number of rotatable bonds is 9. The van der Waals surface area contributed by atoms with Gasteiger partial charge in [0, 0.05) is 30.4 Å². The van der Waals surface area contributed by atoms with Gasteiger partial charge in [-0.25, -0.2) is 0 Å². The van der Waals surface area contributed by atoms with Crippen LogP contribution in [0.2, 0.25) is 0 Å². The topological polar surface area (TPSA) is 27.7 Å². The molecule has 0 saturated heterocycles. The minimum Gasteiger partial charge on any atom is -0.370 e.